The Kier molecular flexibility index (Phi) is 58.3. The second-order valence-electron chi connectivity index (χ2n) is 24.7. The molecule has 1 saturated heterocycles. The van der Waals surface area contributed by atoms with Gasteiger partial charge in [-0.1, -0.05) is 326 Å². The minimum Gasteiger partial charge on any atom is -0.394 e. The van der Waals surface area contributed by atoms with E-state index < -0.39 is 49.5 Å². The first-order chi connectivity index (χ1) is 39.8. The van der Waals surface area contributed by atoms with Gasteiger partial charge in [-0.2, -0.15) is 0 Å². The predicted octanol–water partition coefficient (Wildman–Crippen LogP) is 19.2. The maximum absolute atomic E-state index is 13.1. The highest BCUT2D eigenvalue weighted by molar-refractivity contribution is 5.76. The monoisotopic (exact) mass is 1140 g/mol. The van der Waals surface area contributed by atoms with Gasteiger partial charge in [-0.15, -0.1) is 0 Å². The molecule has 1 heterocycles. The van der Waals surface area contributed by atoms with Crippen molar-refractivity contribution in [1.82, 2.24) is 5.32 Å². The fourth-order valence-electron chi connectivity index (χ4n) is 11.3. The maximum atomic E-state index is 13.1. The molecule has 1 rings (SSSR count). The Morgan fingerprint density at radius 2 is 0.741 bits per heavy atom. The summed E-state index contributed by atoms with van der Waals surface area (Å²) < 4.78 is 11.3. The second kappa shape index (κ2) is 61.2. The average molecular weight is 1140 g/mol. The van der Waals surface area contributed by atoms with Crippen LogP contribution >= 0.6 is 0 Å². The van der Waals surface area contributed by atoms with Crippen LogP contribution < -0.4 is 5.32 Å². The van der Waals surface area contributed by atoms with Gasteiger partial charge in [0.15, 0.2) is 6.29 Å². The van der Waals surface area contributed by atoms with Crippen LogP contribution in [0.2, 0.25) is 0 Å². The minimum atomic E-state index is -1.57. The number of amides is 1. The third-order valence-corrected chi connectivity index (χ3v) is 16.9. The molecule has 1 aliphatic rings. The number of hydrogen-bond donors (Lipinski definition) is 6. The largest absolute Gasteiger partial charge is 0.394 e. The van der Waals surface area contributed by atoms with Crippen molar-refractivity contribution in [2.45, 2.75) is 391 Å². The van der Waals surface area contributed by atoms with Crippen LogP contribution in [0.15, 0.2) is 48.6 Å². The predicted molar refractivity (Wildman–Crippen MR) is 346 cm³/mol. The minimum absolute atomic E-state index is 0.181. The van der Waals surface area contributed by atoms with E-state index in [0.29, 0.717) is 6.42 Å². The second-order valence-corrected chi connectivity index (χ2v) is 24.7. The molecule has 6 N–H and O–H groups in total. The van der Waals surface area contributed by atoms with E-state index in [1.807, 2.05) is 6.08 Å². The van der Waals surface area contributed by atoms with Crippen molar-refractivity contribution < 1.29 is 39.8 Å². The van der Waals surface area contributed by atoms with Gasteiger partial charge in [-0.25, -0.2) is 0 Å². The van der Waals surface area contributed by atoms with Crippen molar-refractivity contribution in [1.29, 1.82) is 0 Å². The third-order valence-electron chi connectivity index (χ3n) is 16.9. The van der Waals surface area contributed by atoms with Gasteiger partial charge in [-0.05, 0) is 64.2 Å². The first-order valence-electron chi connectivity index (χ1n) is 35.4. The van der Waals surface area contributed by atoms with E-state index >= 15 is 0 Å². The molecule has 81 heavy (non-hydrogen) atoms. The quantitative estimate of drug-likeness (QED) is 0.0261. The number of rotatable bonds is 62. The highest BCUT2D eigenvalue weighted by Gasteiger charge is 2.44. The molecule has 7 atom stereocenters. The van der Waals surface area contributed by atoms with E-state index in [0.717, 1.165) is 44.9 Å². The number of carbonyl (C=O) groups excluding carboxylic acids is 1. The Labute approximate surface area is 501 Å². The number of allylic oxidation sites excluding steroid dienone is 7. The molecule has 0 bridgehead atoms. The summed E-state index contributed by atoms with van der Waals surface area (Å²) in [5, 5.41) is 54.7. The van der Waals surface area contributed by atoms with Crippen LogP contribution in [0.3, 0.4) is 0 Å². The smallest absolute Gasteiger partial charge is 0.220 e. The van der Waals surface area contributed by atoms with Gasteiger partial charge in [0.2, 0.25) is 5.91 Å². The van der Waals surface area contributed by atoms with Gasteiger partial charge in [0, 0.05) is 6.42 Å². The van der Waals surface area contributed by atoms with Gasteiger partial charge < -0.3 is 40.3 Å². The molecule has 7 unspecified atom stereocenters. The molecule has 0 aromatic heterocycles. The summed E-state index contributed by atoms with van der Waals surface area (Å²) in [6.45, 7) is 3.81. The van der Waals surface area contributed by atoms with Crippen LogP contribution in [0.25, 0.3) is 0 Å². The van der Waals surface area contributed by atoms with Gasteiger partial charge in [-0.3, -0.25) is 4.79 Å². The molecule has 1 fully saturated rings. The standard InChI is InChI=1S/C72H135NO8/c1-3-5-7-9-11-13-15-17-19-21-23-25-27-29-30-31-32-33-34-35-36-38-40-42-44-46-48-50-52-54-56-58-60-62-68(76)73-65(64-80-72-71(79)70(78)69(77)67(63-74)81-72)66(75)61-59-57-55-53-51-49-47-45-43-41-39-37-28-26-24-22-20-18-16-14-12-10-8-6-4-2/h23,25,29-30,51,53,59,61,65-67,69-72,74-75,77-79H,3-22,24,26-28,31-50,52,54-58,60,62-64H2,1-2H3,(H,73,76)/b25-23-,30-29-,53-51+,61-59+. The first kappa shape index (κ1) is 77.2. The Morgan fingerprint density at radius 3 is 1.11 bits per heavy atom. The number of nitrogens with one attached hydrogen (secondary N) is 1. The highest BCUT2D eigenvalue weighted by Crippen LogP contribution is 2.23. The van der Waals surface area contributed by atoms with Crippen molar-refractivity contribution in [2.75, 3.05) is 13.2 Å². The summed E-state index contributed by atoms with van der Waals surface area (Å²) in [6.07, 6.45) is 76.5. The van der Waals surface area contributed by atoms with Crippen molar-refractivity contribution in [2.24, 2.45) is 0 Å². The molecule has 9 heteroatoms. The van der Waals surface area contributed by atoms with Crippen molar-refractivity contribution in [3.63, 3.8) is 0 Å². The zero-order valence-corrected chi connectivity index (χ0v) is 53.3. The lowest BCUT2D eigenvalue weighted by atomic mass is 9.99. The fraction of sp³-hybridized carbons (Fsp3) is 0.875. The Balaban J connectivity index is 2.13. The summed E-state index contributed by atoms with van der Waals surface area (Å²) in [7, 11) is 0. The lowest BCUT2D eigenvalue weighted by Gasteiger charge is -2.40. The van der Waals surface area contributed by atoms with Crippen molar-refractivity contribution in [3.8, 4) is 0 Å². The molecule has 9 nitrogen and oxygen atoms in total. The van der Waals surface area contributed by atoms with Gasteiger partial charge in [0.25, 0.3) is 0 Å². The lowest BCUT2D eigenvalue weighted by molar-refractivity contribution is -0.302. The number of aliphatic hydroxyl groups excluding tert-OH is 5. The van der Waals surface area contributed by atoms with Crippen LogP contribution in [-0.2, 0) is 14.3 Å². The van der Waals surface area contributed by atoms with Crippen molar-refractivity contribution >= 4 is 5.91 Å². The van der Waals surface area contributed by atoms with E-state index in [2.05, 4.69) is 55.6 Å². The van der Waals surface area contributed by atoms with Gasteiger partial charge in [0.05, 0.1) is 25.4 Å². The summed E-state index contributed by atoms with van der Waals surface area (Å²) in [5.41, 5.74) is 0. The average Bonchev–Trinajstić information content (AvgIpc) is 3.50. The van der Waals surface area contributed by atoms with E-state index in [1.54, 1.807) is 6.08 Å². The Hall–Kier alpha value is -1.85. The van der Waals surface area contributed by atoms with Crippen LogP contribution in [0.1, 0.15) is 348 Å². The molecule has 0 spiro atoms. The SMILES string of the molecule is CCCCCCCCCCC/C=C\C/C=C\CCCCCCCCCCCCCCCCCCCC(=O)NC(COC1OC(CO)C(O)C(O)C1O)C(O)/C=C/CC/C=C/CCCCCCCCCCCCCCCCCCCCC. The van der Waals surface area contributed by atoms with E-state index in [4.69, 9.17) is 9.47 Å². The molecule has 0 radical (unpaired) electrons. The molecular formula is C72H135NO8. The molecule has 1 aliphatic heterocycles. The van der Waals surface area contributed by atoms with E-state index in [9.17, 15) is 30.3 Å². The number of aliphatic hydroxyl groups is 5. The molecule has 476 valence electrons. The summed E-state index contributed by atoms with van der Waals surface area (Å²) in [6, 6.07) is -0.823. The van der Waals surface area contributed by atoms with Crippen LogP contribution in [0, 0.1) is 0 Å². The molecule has 0 aromatic rings. The third kappa shape index (κ3) is 50.1. The molecule has 1 amide bonds. The lowest BCUT2D eigenvalue weighted by Crippen LogP contribution is -2.60. The van der Waals surface area contributed by atoms with E-state index in [1.165, 1.54) is 283 Å². The summed E-state index contributed by atoms with van der Waals surface area (Å²) >= 11 is 0. The molecular weight excluding hydrogens is 1010 g/mol. The normalized spacial score (nSPS) is 18.6. The van der Waals surface area contributed by atoms with Crippen molar-refractivity contribution in [3.05, 3.63) is 48.6 Å². The first-order valence-corrected chi connectivity index (χ1v) is 35.4. The topological polar surface area (TPSA) is 149 Å². The highest BCUT2D eigenvalue weighted by atomic mass is 16.7. The zero-order valence-electron chi connectivity index (χ0n) is 53.3. The maximum Gasteiger partial charge on any atom is 0.220 e. The fourth-order valence-corrected chi connectivity index (χ4v) is 11.3. The number of unbranched alkanes of at least 4 members (excludes halogenated alkanes) is 46. The van der Waals surface area contributed by atoms with Crippen LogP contribution in [0.5, 0.6) is 0 Å². The van der Waals surface area contributed by atoms with Crippen LogP contribution in [0.4, 0.5) is 0 Å². The number of hydrogen-bond acceptors (Lipinski definition) is 8. The zero-order chi connectivity index (χ0) is 58.6. The van der Waals surface area contributed by atoms with E-state index in [-0.39, 0.29) is 12.5 Å². The summed E-state index contributed by atoms with van der Waals surface area (Å²) in [4.78, 5) is 13.1. The van der Waals surface area contributed by atoms with Gasteiger partial charge in [0.1, 0.15) is 24.4 Å². The molecule has 0 aromatic carbocycles. The molecule has 0 aliphatic carbocycles. The summed E-state index contributed by atoms with van der Waals surface area (Å²) in [5.74, 6) is -0.181. The number of ether oxygens (including phenoxy) is 2. The van der Waals surface area contributed by atoms with Crippen LogP contribution in [-0.4, -0.2) is 87.5 Å². The van der Waals surface area contributed by atoms with Gasteiger partial charge >= 0.3 is 0 Å². The Bertz CT molecular complexity index is 1420. The molecule has 0 saturated carbocycles. The Morgan fingerprint density at radius 1 is 0.420 bits per heavy atom. The number of carbonyl (C=O) groups is 1.